The Bertz CT molecular complexity index is 280. The Morgan fingerprint density at radius 2 is 2.12 bits per heavy atom. The Labute approximate surface area is 102 Å². The Kier molecular flexibility index (Phi) is 5.41. The van der Waals surface area contributed by atoms with Crippen molar-refractivity contribution in [2.24, 2.45) is 0 Å². The Balaban J connectivity index is 2.34. The van der Waals surface area contributed by atoms with E-state index in [0.29, 0.717) is 13.2 Å². The Hall–Kier alpha value is -1.10. The van der Waals surface area contributed by atoms with E-state index in [1.165, 1.54) is 0 Å². The minimum atomic E-state index is -0.315. The van der Waals surface area contributed by atoms with Gasteiger partial charge in [-0.2, -0.15) is 0 Å². The average Bonchev–Trinajstić information content (AvgIpc) is 2.71. The zero-order valence-corrected chi connectivity index (χ0v) is 10.8. The summed E-state index contributed by atoms with van der Waals surface area (Å²) in [6.45, 7) is 4.77. The molecule has 1 rings (SSSR count). The number of likely N-dealkylation sites (N-methyl/N-ethyl adjacent to an activating group) is 1. The molecule has 1 aliphatic rings. The van der Waals surface area contributed by atoms with Crippen molar-refractivity contribution in [2.75, 3.05) is 20.3 Å². The van der Waals surface area contributed by atoms with Crippen LogP contribution in [0.3, 0.4) is 0 Å². The van der Waals surface area contributed by atoms with Crippen molar-refractivity contribution in [3.63, 3.8) is 0 Å². The summed E-state index contributed by atoms with van der Waals surface area (Å²) < 4.78 is 10.2. The smallest absolute Gasteiger partial charge is 0.306 e. The van der Waals surface area contributed by atoms with Gasteiger partial charge in [-0.25, -0.2) is 0 Å². The summed E-state index contributed by atoms with van der Waals surface area (Å²) in [6.07, 6.45) is 1.30. The normalized spacial score (nSPS) is 23.5. The molecule has 1 fully saturated rings. The summed E-state index contributed by atoms with van der Waals surface area (Å²) in [4.78, 5) is 24.7. The van der Waals surface area contributed by atoms with Crippen molar-refractivity contribution in [2.45, 2.75) is 45.3 Å². The molecule has 0 aliphatic carbocycles. The van der Waals surface area contributed by atoms with Crippen LogP contribution in [-0.4, -0.2) is 49.2 Å². The van der Waals surface area contributed by atoms with Crippen LogP contribution in [0.2, 0.25) is 0 Å². The van der Waals surface area contributed by atoms with Gasteiger partial charge in [0.2, 0.25) is 5.91 Å². The zero-order chi connectivity index (χ0) is 12.8. The van der Waals surface area contributed by atoms with Crippen LogP contribution in [0.15, 0.2) is 0 Å². The van der Waals surface area contributed by atoms with Gasteiger partial charge in [0.25, 0.3) is 0 Å². The summed E-state index contributed by atoms with van der Waals surface area (Å²) in [5.74, 6) is -0.342. The van der Waals surface area contributed by atoms with Crippen molar-refractivity contribution in [3.05, 3.63) is 0 Å². The van der Waals surface area contributed by atoms with Crippen LogP contribution >= 0.6 is 0 Å². The molecule has 0 aromatic heterocycles. The molecule has 1 heterocycles. The molecular formula is C12H21NO4. The first-order valence-electron chi connectivity index (χ1n) is 6.09. The average molecular weight is 243 g/mol. The fourth-order valence-corrected chi connectivity index (χ4v) is 2.03. The third kappa shape index (κ3) is 4.00. The second-order valence-corrected chi connectivity index (χ2v) is 4.24. The second-order valence-electron chi connectivity index (χ2n) is 4.24. The molecule has 0 saturated carbocycles. The summed E-state index contributed by atoms with van der Waals surface area (Å²) >= 11 is 0. The minimum Gasteiger partial charge on any atom is -0.466 e. The molecule has 0 radical (unpaired) electrons. The quantitative estimate of drug-likeness (QED) is 0.675. The fourth-order valence-electron chi connectivity index (χ4n) is 2.03. The number of hydrogen-bond acceptors (Lipinski definition) is 4. The van der Waals surface area contributed by atoms with Gasteiger partial charge < -0.3 is 14.4 Å². The number of carbonyl (C=O) groups excluding carboxylic acids is 2. The van der Waals surface area contributed by atoms with Gasteiger partial charge >= 0.3 is 5.97 Å². The molecule has 1 aliphatic heterocycles. The highest BCUT2D eigenvalue weighted by molar-refractivity contribution is 5.81. The van der Waals surface area contributed by atoms with E-state index in [1.54, 1.807) is 18.9 Å². The van der Waals surface area contributed by atoms with Crippen LogP contribution in [0, 0.1) is 0 Å². The lowest BCUT2D eigenvalue weighted by atomic mass is 10.1. The van der Waals surface area contributed by atoms with Gasteiger partial charge in [0.15, 0.2) is 0 Å². The molecule has 0 aromatic rings. The van der Waals surface area contributed by atoms with Gasteiger partial charge in [-0.3, -0.25) is 9.59 Å². The monoisotopic (exact) mass is 243 g/mol. The van der Waals surface area contributed by atoms with E-state index in [9.17, 15) is 9.59 Å². The van der Waals surface area contributed by atoms with Crippen LogP contribution < -0.4 is 0 Å². The predicted octanol–water partition coefficient (Wildman–Crippen LogP) is 0.965. The number of esters is 1. The molecule has 17 heavy (non-hydrogen) atoms. The van der Waals surface area contributed by atoms with E-state index in [2.05, 4.69) is 0 Å². The molecule has 2 atom stereocenters. The first kappa shape index (κ1) is 14.0. The standard InChI is InChI=1S/C12H21NO4/c1-4-16-12(15)6-5-11(14)13(3)10-7-8-17-9(10)2/h9-10H,4-8H2,1-3H3. The predicted molar refractivity (Wildman–Crippen MR) is 62.5 cm³/mol. The van der Waals surface area contributed by atoms with Crippen molar-refractivity contribution in [3.8, 4) is 0 Å². The summed E-state index contributed by atoms with van der Waals surface area (Å²) in [5.41, 5.74) is 0. The van der Waals surface area contributed by atoms with E-state index in [-0.39, 0.29) is 36.9 Å². The lowest BCUT2D eigenvalue weighted by Crippen LogP contribution is -2.41. The third-order valence-electron chi connectivity index (χ3n) is 3.08. The zero-order valence-electron chi connectivity index (χ0n) is 10.8. The molecule has 0 aromatic carbocycles. The summed E-state index contributed by atoms with van der Waals surface area (Å²) in [7, 11) is 1.77. The van der Waals surface area contributed by atoms with Crippen LogP contribution in [0.5, 0.6) is 0 Å². The van der Waals surface area contributed by atoms with Crippen LogP contribution in [0.1, 0.15) is 33.1 Å². The number of carbonyl (C=O) groups is 2. The topological polar surface area (TPSA) is 55.8 Å². The second kappa shape index (κ2) is 6.59. The molecule has 0 bridgehead atoms. The SMILES string of the molecule is CCOC(=O)CCC(=O)N(C)C1CCOC1C. The van der Waals surface area contributed by atoms with Gasteiger partial charge in [0.1, 0.15) is 0 Å². The maximum absolute atomic E-state index is 11.8. The van der Waals surface area contributed by atoms with Gasteiger partial charge in [-0.05, 0) is 20.3 Å². The molecule has 5 heteroatoms. The van der Waals surface area contributed by atoms with Gasteiger partial charge in [-0.15, -0.1) is 0 Å². The van der Waals surface area contributed by atoms with Crippen LogP contribution in [0.4, 0.5) is 0 Å². The first-order chi connectivity index (χ1) is 8.06. The highest BCUT2D eigenvalue weighted by Gasteiger charge is 2.30. The van der Waals surface area contributed by atoms with E-state index in [1.807, 2.05) is 6.92 Å². The lowest BCUT2D eigenvalue weighted by Gasteiger charge is -2.26. The van der Waals surface area contributed by atoms with E-state index in [4.69, 9.17) is 9.47 Å². The maximum Gasteiger partial charge on any atom is 0.306 e. The van der Waals surface area contributed by atoms with Crippen LogP contribution in [0.25, 0.3) is 0 Å². The first-order valence-corrected chi connectivity index (χ1v) is 6.09. The highest BCUT2D eigenvalue weighted by atomic mass is 16.5. The molecule has 1 saturated heterocycles. The molecule has 5 nitrogen and oxygen atoms in total. The molecule has 0 spiro atoms. The summed E-state index contributed by atoms with van der Waals surface area (Å²) in [5, 5.41) is 0. The molecule has 1 amide bonds. The summed E-state index contributed by atoms with van der Waals surface area (Å²) in [6, 6.07) is 0.129. The van der Waals surface area contributed by atoms with Crippen LogP contribution in [-0.2, 0) is 19.1 Å². The van der Waals surface area contributed by atoms with Gasteiger partial charge in [0, 0.05) is 20.1 Å². The minimum absolute atomic E-state index is 0.0274. The number of rotatable bonds is 5. The third-order valence-corrected chi connectivity index (χ3v) is 3.08. The Morgan fingerprint density at radius 3 is 2.65 bits per heavy atom. The van der Waals surface area contributed by atoms with Gasteiger partial charge in [0.05, 0.1) is 25.2 Å². The van der Waals surface area contributed by atoms with Crippen molar-refractivity contribution >= 4 is 11.9 Å². The molecule has 98 valence electrons. The maximum atomic E-state index is 11.8. The highest BCUT2D eigenvalue weighted by Crippen LogP contribution is 2.19. The van der Waals surface area contributed by atoms with Gasteiger partial charge in [-0.1, -0.05) is 0 Å². The number of amides is 1. The van der Waals surface area contributed by atoms with E-state index < -0.39 is 0 Å². The number of nitrogens with zero attached hydrogens (tertiary/aromatic N) is 1. The van der Waals surface area contributed by atoms with E-state index >= 15 is 0 Å². The molecule has 2 unspecified atom stereocenters. The molecule has 0 N–H and O–H groups in total. The number of ether oxygens (including phenoxy) is 2. The largest absolute Gasteiger partial charge is 0.466 e. The fraction of sp³-hybridized carbons (Fsp3) is 0.833. The van der Waals surface area contributed by atoms with Crippen molar-refractivity contribution in [1.82, 2.24) is 4.90 Å². The molecular weight excluding hydrogens is 222 g/mol. The van der Waals surface area contributed by atoms with Crippen molar-refractivity contribution in [1.29, 1.82) is 0 Å². The van der Waals surface area contributed by atoms with Crippen molar-refractivity contribution < 1.29 is 19.1 Å². The Morgan fingerprint density at radius 1 is 1.41 bits per heavy atom. The van der Waals surface area contributed by atoms with E-state index in [0.717, 1.165) is 6.42 Å². The number of hydrogen-bond donors (Lipinski definition) is 0. The lowest BCUT2D eigenvalue weighted by molar-refractivity contribution is -0.146.